The number of nitrogens with zero attached hydrogens (tertiary/aromatic N) is 1. The largest absolute Gasteiger partial charge is 0.396 e. The summed E-state index contributed by atoms with van der Waals surface area (Å²) in [6, 6.07) is 0. The molecule has 5 heteroatoms. The van der Waals surface area contributed by atoms with Gasteiger partial charge < -0.3 is 5.11 Å². The SMILES string of the molecule is Cn1[nH]c(CCO)c(Cl)c1=O. The number of hydrogen-bond donors (Lipinski definition) is 2. The van der Waals surface area contributed by atoms with Gasteiger partial charge in [0.1, 0.15) is 5.02 Å². The summed E-state index contributed by atoms with van der Waals surface area (Å²) in [6.45, 7) is -0.0142. The average Bonchev–Trinajstić information content (AvgIpc) is 2.19. The van der Waals surface area contributed by atoms with Crippen molar-refractivity contribution in [2.45, 2.75) is 6.42 Å². The zero-order valence-electron chi connectivity index (χ0n) is 6.09. The number of halogens is 1. The molecule has 0 bridgehead atoms. The number of aromatic amines is 1. The second-order valence-electron chi connectivity index (χ2n) is 2.24. The third-order valence-corrected chi connectivity index (χ3v) is 1.81. The van der Waals surface area contributed by atoms with Crippen molar-refractivity contribution in [1.29, 1.82) is 0 Å². The van der Waals surface area contributed by atoms with Crippen LogP contribution in [0.2, 0.25) is 5.02 Å². The molecule has 0 aliphatic rings. The second-order valence-corrected chi connectivity index (χ2v) is 2.62. The molecule has 1 heterocycles. The van der Waals surface area contributed by atoms with Crippen LogP contribution < -0.4 is 5.56 Å². The summed E-state index contributed by atoms with van der Waals surface area (Å²) < 4.78 is 1.29. The van der Waals surface area contributed by atoms with Gasteiger partial charge in [-0.1, -0.05) is 11.6 Å². The summed E-state index contributed by atoms with van der Waals surface area (Å²) in [5.74, 6) is 0. The number of rotatable bonds is 2. The number of hydrogen-bond acceptors (Lipinski definition) is 2. The molecule has 0 unspecified atom stereocenters. The Balaban J connectivity index is 3.08. The van der Waals surface area contributed by atoms with E-state index in [4.69, 9.17) is 16.7 Å². The molecular weight excluding hydrogens is 168 g/mol. The van der Waals surface area contributed by atoms with Crippen LogP contribution in [0.1, 0.15) is 5.69 Å². The molecule has 0 aliphatic heterocycles. The Morgan fingerprint density at radius 2 is 2.36 bits per heavy atom. The molecular formula is C6H9ClN2O2. The van der Waals surface area contributed by atoms with E-state index in [9.17, 15) is 4.79 Å². The Hall–Kier alpha value is -0.740. The number of aliphatic hydroxyl groups excluding tert-OH is 1. The monoisotopic (exact) mass is 176 g/mol. The smallest absolute Gasteiger partial charge is 0.285 e. The lowest BCUT2D eigenvalue weighted by Crippen LogP contribution is -2.11. The molecule has 2 N–H and O–H groups in total. The molecule has 0 saturated heterocycles. The molecule has 0 saturated carbocycles. The van der Waals surface area contributed by atoms with Crippen molar-refractivity contribution in [3.63, 3.8) is 0 Å². The predicted molar refractivity (Wildman–Crippen MR) is 41.8 cm³/mol. The van der Waals surface area contributed by atoms with Gasteiger partial charge in [-0.05, 0) is 0 Å². The Bertz CT molecular complexity index is 302. The van der Waals surface area contributed by atoms with Crippen LogP contribution in [0, 0.1) is 0 Å². The van der Waals surface area contributed by atoms with Gasteiger partial charge in [0.15, 0.2) is 0 Å². The minimum absolute atomic E-state index is 0.0142. The highest BCUT2D eigenvalue weighted by molar-refractivity contribution is 6.31. The Morgan fingerprint density at radius 3 is 2.73 bits per heavy atom. The highest BCUT2D eigenvalue weighted by atomic mass is 35.5. The van der Waals surface area contributed by atoms with Gasteiger partial charge in [0.25, 0.3) is 5.56 Å². The zero-order valence-corrected chi connectivity index (χ0v) is 6.85. The minimum Gasteiger partial charge on any atom is -0.396 e. The lowest BCUT2D eigenvalue weighted by molar-refractivity contribution is 0.298. The lowest BCUT2D eigenvalue weighted by atomic mass is 10.3. The van der Waals surface area contributed by atoms with Crippen molar-refractivity contribution >= 4 is 11.6 Å². The molecule has 0 aromatic carbocycles. The maximum absolute atomic E-state index is 11.0. The summed E-state index contributed by atoms with van der Waals surface area (Å²) in [5, 5.41) is 11.4. The molecule has 0 atom stereocenters. The Labute approximate surface area is 68.4 Å². The maximum atomic E-state index is 11.0. The lowest BCUT2D eigenvalue weighted by Gasteiger charge is -1.91. The van der Waals surface area contributed by atoms with E-state index < -0.39 is 0 Å². The predicted octanol–water partition coefficient (Wildman–Crippen LogP) is -0.0984. The molecule has 0 aliphatic carbocycles. The molecule has 11 heavy (non-hydrogen) atoms. The number of nitrogens with one attached hydrogen (secondary N) is 1. The molecule has 1 rings (SSSR count). The molecule has 0 radical (unpaired) electrons. The topological polar surface area (TPSA) is 58.0 Å². The molecule has 62 valence electrons. The van der Waals surface area contributed by atoms with Crippen molar-refractivity contribution in [3.05, 3.63) is 21.1 Å². The molecule has 0 amide bonds. The van der Waals surface area contributed by atoms with Gasteiger partial charge in [-0.25, -0.2) is 0 Å². The average molecular weight is 177 g/mol. The van der Waals surface area contributed by atoms with Gasteiger partial charge in [-0.3, -0.25) is 14.6 Å². The van der Waals surface area contributed by atoms with Crippen molar-refractivity contribution in [3.8, 4) is 0 Å². The van der Waals surface area contributed by atoms with E-state index in [0.717, 1.165) is 0 Å². The van der Waals surface area contributed by atoms with Crippen LogP contribution in [0.5, 0.6) is 0 Å². The van der Waals surface area contributed by atoms with Crippen molar-refractivity contribution in [2.75, 3.05) is 6.61 Å². The molecule has 1 aromatic rings. The van der Waals surface area contributed by atoms with Gasteiger partial charge >= 0.3 is 0 Å². The van der Waals surface area contributed by atoms with Crippen LogP contribution in [0.4, 0.5) is 0 Å². The third kappa shape index (κ3) is 1.46. The number of aryl methyl sites for hydroxylation is 1. The summed E-state index contributed by atoms with van der Waals surface area (Å²) in [5.41, 5.74) is 0.330. The summed E-state index contributed by atoms with van der Waals surface area (Å²) in [7, 11) is 1.58. The summed E-state index contributed by atoms with van der Waals surface area (Å²) >= 11 is 5.62. The third-order valence-electron chi connectivity index (χ3n) is 1.42. The van der Waals surface area contributed by atoms with Crippen LogP contribution >= 0.6 is 11.6 Å². The van der Waals surface area contributed by atoms with Gasteiger partial charge in [0.2, 0.25) is 0 Å². The molecule has 4 nitrogen and oxygen atoms in total. The first-order chi connectivity index (χ1) is 5.16. The Kier molecular flexibility index (Phi) is 2.36. The molecule has 0 spiro atoms. The molecule has 1 aromatic heterocycles. The van der Waals surface area contributed by atoms with E-state index in [1.165, 1.54) is 4.68 Å². The normalized spacial score (nSPS) is 10.5. The van der Waals surface area contributed by atoms with Crippen LogP contribution in [0.15, 0.2) is 4.79 Å². The highest BCUT2D eigenvalue weighted by Gasteiger charge is 2.07. The van der Waals surface area contributed by atoms with Gasteiger partial charge in [-0.2, -0.15) is 0 Å². The number of H-pyrrole nitrogens is 1. The fraction of sp³-hybridized carbons (Fsp3) is 0.500. The maximum Gasteiger partial charge on any atom is 0.285 e. The molecule has 0 fully saturated rings. The zero-order chi connectivity index (χ0) is 8.43. The summed E-state index contributed by atoms with van der Waals surface area (Å²) in [6.07, 6.45) is 0.384. The first kappa shape index (κ1) is 8.36. The fourth-order valence-corrected chi connectivity index (χ4v) is 1.12. The van der Waals surface area contributed by atoms with Crippen LogP contribution in [-0.4, -0.2) is 21.5 Å². The number of aromatic nitrogens is 2. The van der Waals surface area contributed by atoms with E-state index in [1.54, 1.807) is 7.05 Å². The first-order valence-electron chi connectivity index (χ1n) is 3.21. The minimum atomic E-state index is -0.255. The van der Waals surface area contributed by atoms with Crippen molar-refractivity contribution in [1.82, 2.24) is 9.78 Å². The fourth-order valence-electron chi connectivity index (χ4n) is 0.856. The second kappa shape index (κ2) is 3.11. The Morgan fingerprint density at radius 1 is 1.73 bits per heavy atom. The van der Waals surface area contributed by atoms with Crippen molar-refractivity contribution in [2.24, 2.45) is 7.05 Å². The van der Waals surface area contributed by atoms with E-state index in [2.05, 4.69) is 5.10 Å². The van der Waals surface area contributed by atoms with E-state index in [-0.39, 0.29) is 17.2 Å². The van der Waals surface area contributed by atoms with Crippen LogP contribution in [-0.2, 0) is 13.5 Å². The van der Waals surface area contributed by atoms with Gasteiger partial charge in [-0.15, -0.1) is 0 Å². The highest BCUT2D eigenvalue weighted by Crippen LogP contribution is 2.07. The van der Waals surface area contributed by atoms with Gasteiger partial charge in [0.05, 0.1) is 5.69 Å². The van der Waals surface area contributed by atoms with E-state index in [0.29, 0.717) is 12.1 Å². The van der Waals surface area contributed by atoms with Gasteiger partial charge in [0, 0.05) is 20.1 Å². The first-order valence-corrected chi connectivity index (χ1v) is 3.59. The van der Waals surface area contributed by atoms with E-state index >= 15 is 0 Å². The standard InChI is InChI=1S/C6H9ClN2O2/c1-9-6(11)5(7)4(8-9)2-3-10/h8,10H,2-3H2,1H3. The quantitative estimate of drug-likeness (QED) is 0.661. The van der Waals surface area contributed by atoms with E-state index in [1.807, 2.05) is 0 Å². The number of aliphatic hydroxyl groups is 1. The van der Waals surface area contributed by atoms with Crippen LogP contribution in [0.25, 0.3) is 0 Å². The summed E-state index contributed by atoms with van der Waals surface area (Å²) in [4.78, 5) is 11.0. The van der Waals surface area contributed by atoms with Crippen LogP contribution in [0.3, 0.4) is 0 Å². The van der Waals surface area contributed by atoms with Crippen molar-refractivity contribution < 1.29 is 5.11 Å².